The van der Waals surface area contributed by atoms with Gasteiger partial charge in [-0.25, -0.2) is 4.39 Å². The highest BCUT2D eigenvalue weighted by Gasteiger charge is 2.59. The largest absolute Gasteiger partial charge is 0.374 e. The van der Waals surface area contributed by atoms with Crippen LogP contribution in [0.25, 0.3) is 5.70 Å². The zero-order valence-electron chi connectivity index (χ0n) is 20.0. The molecule has 8 heteroatoms. The summed E-state index contributed by atoms with van der Waals surface area (Å²) in [7, 11) is 0. The molecule has 3 heterocycles. The minimum Gasteiger partial charge on any atom is -0.374 e. The van der Waals surface area contributed by atoms with E-state index < -0.39 is 11.9 Å². The lowest BCUT2D eigenvalue weighted by Crippen LogP contribution is -2.56. The maximum atomic E-state index is 13.5. The predicted molar refractivity (Wildman–Crippen MR) is 140 cm³/mol. The van der Waals surface area contributed by atoms with Crippen molar-refractivity contribution in [3.05, 3.63) is 61.4 Å². The van der Waals surface area contributed by atoms with Crippen molar-refractivity contribution in [1.29, 1.82) is 0 Å². The van der Waals surface area contributed by atoms with E-state index in [1.165, 1.54) is 6.08 Å². The summed E-state index contributed by atoms with van der Waals surface area (Å²) in [4.78, 5) is 15.7. The molecule has 6 unspecified atom stereocenters. The van der Waals surface area contributed by atoms with Gasteiger partial charge in [0.1, 0.15) is 12.1 Å². The smallest absolute Gasteiger partial charge is 0.192 e. The molecule has 0 amide bonds. The van der Waals surface area contributed by atoms with E-state index in [0.717, 1.165) is 34.4 Å². The average Bonchev–Trinajstić information content (AvgIpc) is 3.19. The van der Waals surface area contributed by atoms with Crippen LogP contribution < -0.4 is 16.5 Å². The number of nitrogens with zero attached hydrogens (tertiary/aromatic N) is 2. The van der Waals surface area contributed by atoms with E-state index in [2.05, 4.69) is 57.8 Å². The molecule has 0 aromatic carbocycles. The van der Waals surface area contributed by atoms with Crippen LogP contribution in [0.1, 0.15) is 56.2 Å². The molecule has 1 aromatic rings. The number of hydrogen-bond donors (Lipinski definition) is 3. The zero-order valence-corrected chi connectivity index (χ0v) is 22.2. The van der Waals surface area contributed by atoms with Gasteiger partial charge in [0, 0.05) is 36.8 Å². The molecule has 184 valence electrons. The van der Waals surface area contributed by atoms with E-state index >= 15 is 0 Å². The van der Waals surface area contributed by atoms with Gasteiger partial charge in [-0.05, 0) is 82.3 Å². The van der Waals surface area contributed by atoms with Crippen LogP contribution in [0.3, 0.4) is 0 Å². The molecule has 0 radical (unpaired) electrons. The quantitative estimate of drug-likeness (QED) is 0.372. The third-order valence-electron chi connectivity index (χ3n) is 8.50. The first-order valence-electron chi connectivity index (χ1n) is 12.2. The Kier molecular flexibility index (Phi) is 6.10. The third-order valence-corrected chi connectivity index (χ3v) is 9.69. The summed E-state index contributed by atoms with van der Waals surface area (Å²) in [6.07, 6.45) is 6.24. The molecule has 0 spiro atoms. The fourth-order valence-corrected chi connectivity index (χ4v) is 7.75. The van der Waals surface area contributed by atoms with Gasteiger partial charge in [0.2, 0.25) is 0 Å². The molecule has 4 N–H and O–H groups in total. The zero-order chi connectivity index (χ0) is 24.5. The Morgan fingerprint density at radius 1 is 1.38 bits per heavy atom. The van der Waals surface area contributed by atoms with Gasteiger partial charge in [0.25, 0.3) is 0 Å². The average molecular weight is 580 g/mol. The molecule has 34 heavy (non-hydrogen) atoms. The van der Waals surface area contributed by atoms with E-state index in [0.29, 0.717) is 47.9 Å². The number of nitrogens with one attached hydrogen (secondary N) is 1. The minimum atomic E-state index is -1.10. The van der Waals surface area contributed by atoms with E-state index in [1.54, 1.807) is 12.3 Å². The second-order valence-electron chi connectivity index (χ2n) is 10.8. The van der Waals surface area contributed by atoms with Gasteiger partial charge in [-0.15, -0.1) is 0 Å². The molecule has 2 aliphatic carbocycles. The van der Waals surface area contributed by atoms with Gasteiger partial charge >= 0.3 is 0 Å². The standard InChI is InChI=1S/C26H34FIN4O2/c1-13-8-26(29)9-19(13)22-14(2)11-31-12-20(24(33)15(3)23(31)16(4)32(22)26)25(34)30-10-17-5-6-18(27)7-21(17)28/h6-7,12-14,17,19,22,25,30,34H,4-5,8-11,29H2,1-3H3/t13-,14?,17?,19?,22?,25?,26?/m0/s1. The number of allylic oxidation sites excluding steroid dienone is 3. The number of nitrogens with two attached hydrogens (primary N) is 1. The number of aromatic nitrogens is 1. The number of aliphatic hydroxyl groups is 1. The van der Waals surface area contributed by atoms with Gasteiger partial charge in [0.15, 0.2) is 5.43 Å². The number of halogens is 2. The first-order valence-corrected chi connectivity index (χ1v) is 13.3. The fourth-order valence-electron chi connectivity index (χ4n) is 6.97. The number of aliphatic hydroxyl groups excluding tert-OH is 1. The monoisotopic (exact) mass is 580 g/mol. The Bertz CT molecular complexity index is 1160. The lowest BCUT2D eigenvalue weighted by molar-refractivity contribution is 0.0767. The second-order valence-corrected chi connectivity index (χ2v) is 12.1. The molecule has 1 saturated carbocycles. The van der Waals surface area contributed by atoms with Crippen LogP contribution in [0.15, 0.2) is 39.1 Å². The van der Waals surface area contributed by atoms with Crippen LogP contribution in [0, 0.1) is 30.6 Å². The minimum absolute atomic E-state index is 0.0737. The molecule has 4 aliphatic rings. The summed E-state index contributed by atoms with van der Waals surface area (Å²) in [5, 5.41) is 14.0. The first kappa shape index (κ1) is 24.2. The van der Waals surface area contributed by atoms with Crippen LogP contribution in [0.5, 0.6) is 0 Å². The number of hydrogen-bond acceptors (Lipinski definition) is 5. The number of rotatable bonds is 4. The van der Waals surface area contributed by atoms with Gasteiger partial charge in [0.05, 0.1) is 22.6 Å². The van der Waals surface area contributed by atoms with Gasteiger partial charge in [-0.3, -0.25) is 10.1 Å². The molecular weight excluding hydrogens is 546 g/mol. The Hall–Kier alpha value is -1.49. The van der Waals surface area contributed by atoms with Crippen molar-refractivity contribution < 1.29 is 9.50 Å². The molecule has 5 rings (SSSR count). The topological polar surface area (TPSA) is 83.5 Å². The van der Waals surface area contributed by atoms with Crippen LogP contribution >= 0.6 is 22.6 Å². The van der Waals surface area contributed by atoms with Crippen molar-refractivity contribution in [2.24, 2.45) is 29.4 Å². The predicted octanol–water partition coefficient (Wildman–Crippen LogP) is 3.94. The molecule has 6 nitrogen and oxygen atoms in total. The Balaban J connectivity index is 1.44. The summed E-state index contributed by atoms with van der Waals surface area (Å²) in [6.45, 7) is 12.0. The Morgan fingerprint density at radius 2 is 2.12 bits per heavy atom. The lowest BCUT2D eigenvalue weighted by Gasteiger charge is -2.46. The SMILES string of the molecule is C=C1c2c(C)c(=O)c(C(O)NCC3CC=C(F)C=C3I)cn2CC(C)C2C3CC(N)(C[C@@H]3C)N12. The third kappa shape index (κ3) is 3.72. The summed E-state index contributed by atoms with van der Waals surface area (Å²) < 4.78 is 16.5. The summed E-state index contributed by atoms with van der Waals surface area (Å²) in [5.41, 5.74) is 8.90. The van der Waals surface area contributed by atoms with Crippen LogP contribution in [-0.2, 0) is 6.54 Å². The van der Waals surface area contributed by atoms with E-state index in [-0.39, 0.29) is 17.2 Å². The van der Waals surface area contributed by atoms with Gasteiger partial charge < -0.3 is 20.3 Å². The van der Waals surface area contributed by atoms with Crippen molar-refractivity contribution in [3.8, 4) is 0 Å². The van der Waals surface area contributed by atoms with Crippen molar-refractivity contribution in [2.45, 2.75) is 64.5 Å². The molecule has 2 aliphatic heterocycles. The highest BCUT2D eigenvalue weighted by molar-refractivity contribution is 14.1. The lowest BCUT2D eigenvalue weighted by atomic mass is 9.82. The number of fused-ring (bicyclic) bond motifs is 6. The number of pyridine rings is 1. The summed E-state index contributed by atoms with van der Waals surface area (Å²) >= 11 is 2.14. The Labute approximate surface area is 213 Å². The molecule has 1 saturated heterocycles. The van der Waals surface area contributed by atoms with Crippen molar-refractivity contribution in [3.63, 3.8) is 0 Å². The highest BCUT2D eigenvalue weighted by Crippen LogP contribution is 2.56. The van der Waals surface area contributed by atoms with Crippen molar-refractivity contribution in [2.75, 3.05) is 6.54 Å². The number of piperidine rings is 1. The molecule has 2 fully saturated rings. The molecule has 7 atom stereocenters. The van der Waals surface area contributed by atoms with Crippen LogP contribution in [-0.4, -0.2) is 32.8 Å². The fraction of sp³-hybridized carbons (Fsp3) is 0.577. The maximum absolute atomic E-state index is 13.5. The molecular formula is C26H34FIN4O2. The molecule has 1 aromatic heterocycles. The Morgan fingerprint density at radius 3 is 2.82 bits per heavy atom. The maximum Gasteiger partial charge on any atom is 0.192 e. The van der Waals surface area contributed by atoms with Crippen molar-refractivity contribution in [1.82, 2.24) is 14.8 Å². The van der Waals surface area contributed by atoms with Gasteiger partial charge in [-0.1, -0.05) is 20.4 Å². The first-order chi connectivity index (χ1) is 16.0. The second kappa shape index (κ2) is 8.57. The molecule has 2 bridgehead atoms. The van der Waals surface area contributed by atoms with Crippen molar-refractivity contribution >= 4 is 28.3 Å². The van der Waals surface area contributed by atoms with Crippen LogP contribution in [0.4, 0.5) is 4.39 Å². The van der Waals surface area contributed by atoms with Crippen LogP contribution in [0.2, 0.25) is 0 Å². The normalized spacial score (nSPS) is 35.4. The highest BCUT2D eigenvalue weighted by atomic mass is 127. The van der Waals surface area contributed by atoms with E-state index in [4.69, 9.17) is 5.73 Å². The summed E-state index contributed by atoms with van der Waals surface area (Å²) in [6, 6.07) is 0.302. The summed E-state index contributed by atoms with van der Waals surface area (Å²) in [5.74, 6) is 1.27. The van der Waals surface area contributed by atoms with Gasteiger partial charge in [-0.2, -0.15) is 0 Å². The van der Waals surface area contributed by atoms with E-state index in [9.17, 15) is 14.3 Å². The van der Waals surface area contributed by atoms with E-state index in [1.807, 2.05) is 6.92 Å².